The van der Waals surface area contributed by atoms with E-state index in [1.165, 1.54) is 5.56 Å². The summed E-state index contributed by atoms with van der Waals surface area (Å²) in [5, 5.41) is 4.73. The topological polar surface area (TPSA) is 30.5 Å². The third-order valence-electron chi connectivity index (χ3n) is 4.57. The number of methoxy groups -OCH3 is 1. The Morgan fingerprint density at radius 3 is 2.43 bits per heavy atom. The summed E-state index contributed by atoms with van der Waals surface area (Å²) in [7, 11) is 1.64. The van der Waals surface area contributed by atoms with Crippen LogP contribution in [0.25, 0.3) is 0 Å². The first-order valence-corrected chi connectivity index (χ1v) is 9.85. The zero-order valence-electron chi connectivity index (χ0n) is 15.9. The number of hydrogen-bond acceptors (Lipinski definition) is 3. The number of hydrogen-bond donors (Lipinski definition) is 1. The third-order valence-corrected chi connectivity index (χ3v) is 5.15. The highest BCUT2D eigenvalue weighted by Crippen LogP contribution is 2.33. The SMILES string of the molecule is COc1cccc(CN[C@@H](C)c2ccccc2)c1OCc1ccc(Cl)cc1Cl. The molecule has 3 aromatic carbocycles. The summed E-state index contributed by atoms with van der Waals surface area (Å²) in [5.74, 6) is 1.40. The van der Waals surface area contributed by atoms with Crippen molar-refractivity contribution in [2.45, 2.75) is 26.1 Å². The quantitative estimate of drug-likeness (QED) is 0.459. The van der Waals surface area contributed by atoms with Crippen molar-refractivity contribution in [1.82, 2.24) is 5.32 Å². The first kappa shape index (κ1) is 20.5. The average Bonchev–Trinajstić information content (AvgIpc) is 2.72. The lowest BCUT2D eigenvalue weighted by Crippen LogP contribution is -2.18. The van der Waals surface area contributed by atoms with Gasteiger partial charge in [0.05, 0.1) is 7.11 Å². The molecule has 0 saturated carbocycles. The summed E-state index contributed by atoms with van der Waals surface area (Å²) in [5.41, 5.74) is 3.13. The van der Waals surface area contributed by atoms with Gasteiger partial charge in [-0.25, -0.2) is 0 Å². The zero-order chi connectivity index (χ0) is 19.9. The van der Waals surface area contributed by atoms with Crippen LogP contribution in [0.1, 0.15) is 29.7 Å². The lowest BCUT2D eigenvalue weighted by Gasteiger charge is -2.18. The molecule has 0 aliphatic heterocycles. The summed E-state index contributed by atoms with van der Waals surface area (Å²) in [6.07, 6.45) is 0. The molecule has 28 heavy (non-hydrogen) atoms. The molecule has 0 unspecified atom stereocenters. The van der Waals surface area contributed by atoms with Crippen LogP contribution < -0.4 is 14.8 Å². The Hall–Kier alpha value is -2.20. The lowest BCUT2D eigenvalue weighted by molar-refractivity contribution is 0.280. The molecule has 0 heterocycles. The molecular formula is C23H23Cl2NO2. The standard InChI is InChI=1S/C23H23Cl2NO2/c1-16(17-7-4-3-5-8-17)26-14-18-9-6-10-22(27-2)23(18)28-15-19-11-12-20(24)13-21(19)25/h3-13,16,26H,14-15H2,1-2H3/t16-/m0/s1. The van der Waals surface area contributed by atoms with Crippen molar-refractivity contribution in [1.29, 1.82) is 0 Å². The second kappa shape index (κ2) is 9.83. The van der Waals surface area contributed by atoms with Crippen LogP contribution in [0.2, 0.25) is 10.0 Å². The minimum Gasteiger partial charge on any atom is -0.493 e. The van der Waals surface area contributed by atoms with Crippen LogP contribution in [0, 0.1) is 0 Å². The molecule has 146 valence electrons. The number of nitrogens with one attached hydrogen (secondary N) is 1. The lowest BCUT2D eigenvalue weighted by atomic mass is 10.1. The van der Waals surface area contributed by atoms with Crippen molar-refractivity contribution in [3.05, 3.63) is 93.5 Å². The largest absolute Gasteiger partial charge is 0.493 e. The molecule has 3 nitrogen and oxygen atoms in total. The van der Waals surface area contributed by atoms with Gasteiger partial charge < -0.3 is 14.8 Å². The first-order valence-electron chi connectivity index (χ1n) is 9.09. The summed E-state index contributed by atoms with van der Waals surface area (Å²) in [4.78, 5) is 0. The Balaban J connectivity index is 1.74. The van der Waals surface area contributed by atoms with Gasteiger partial charge in [-0.3, -0.25) is 0 Å². The highest BCUT2D eigenvalue weighted by atomic mass is 35.5. The van der Waals surface area contributed by atoms with Crippen molar-refractivity contribution < 1.29 is 9.47 Å². The second-order valence-electron chi connectivity index (χ2n) is 6.49. The molecule has 0 fully saturated rings. The average molecular weight is 416 g/mol. The maximum atomic E-state index is 6.27. The Labute approximate surface area is 176 Å². The molecule has 0 amide bonds. The smallest absolute Gasteiger partial charge is 0.166 e. The number of para-hydroxylation sites is 1. The molecule has 0 bridgehead atoms. The van der Waals surface area contributed by atoms with E-state index in [1.807, 2.05) is 42.5 Å². The minimum absolute atomic E-state index is 0.214. The fourth-order valence-corrected chi connectivity index (χ4v) is 3.40. The van der Waals surface area contributed by atoms with Crippen LogP contribution in [0.4, 0.5) is 0 Å². The van der Waals surface area contributed by atoms with Gasteiger partial charge in [0.15, 0.2) is 11.5 Å². The van der Waals surface area contributed by atoms with E-state index in [0.29, 0.717) is 34.7 Å². The number of ether oxygens (including phenoxy) is 2. The molecule has 1 atom stereocenters. The van der Waals surface area contributed by atoms with Gasteiger partial charge in [0.1, 0.15) is 6.61 Å². The minimum atomic E-state index is 0.214. The summed E-state index contributed by atoms with van der Waals surface area (Å²) < 4.78 is 11.6. The first-order chi connectivity index (χ1) is 13.6. The molecule has 0 saturated heterocycles. The van der Waals surface area contributed by atoms with E-state index in [9.17, 15) is 0 Å². The van der Waals surface area contributed by atoms with E-state index >= 15 is 0 Å². The Morgan fingerprint density at radius 1 is 0.929 bits per heavy atom. The normalized spacial score (nSPS) is 11.9. The summed E-state index contributed by atoms with van der Waals surface area (Å²) in [6, 6.07) is 21.8. The molecule has 0 aromatic heterocycles. The van der Waals surface area contributed by atoms with E-state index in [0.717, 1.165) is 11.1 Å². The number of halogens is 2. The molecule has 0 aliphatic rings. The number of benzene rings is 3. The van der Waals surface area contributed by atoms with Crippen molar-refractivity contribution in [3.8, 4) is 11.5 Å². The predicted molar refractivity (Wildman–Crippen MR) is 115 cm³/mol. The number of rotatable bonds is 8. The van der Waals surface area contributed by atoms with Gasteiger partial charge in [-0.1, -0.05) is 71.7 Å². The highest BCUT2D eigenvalue weighted by Gasteiger charge is 2.13. The molecule has 3 rings (SSSR count). The van der Waals surface area contributed by atoms with Crippen LogP contribution >= 0.6 is 23.2 Å². The van der Waals surface area contributed by atoms with Crippen molar-refractivity contribution >= 4 is 23.2 Å². The van der Waals surface area contributed by atoms with Gasteiger partial charge in [-0.2, -0.15) is 0 Å². The molecule has 0 aliphatic carbocycles. The van der Waals surface area contributed by atoms with Crippen molar-refractivity contribution in [3.63, 3.8) is 0 Å². The molecule has 5 heteroatoms. The third kappa shape index (κ3) is 5.20. The summed E-state index contributed by atoms with van der Waals surface area (Å²) in [6.45, 7) is 3.12. The van der Waals surface area contributed by atoms with Gasteiger partial charge in [-0.15, -0.1) is 0 Å². The zero-order valence-corrected chi connectivity index (χ0v) is 17.4. The summed E-state index contributed by atoms with van der Waals surface area (Å²) >= 11 is 12.2. The molecule has 0 spiro atoms. The van der Waals surface area contributed by atoms with Gasteiger partial charge in [0, 0.05) is 33.8 Å². The maximum absolute atomic E-state index is 6.27. The fraction of sp³-hybridized carbons (Fsp3) is 0.217. The van der Waals surface area contributed by atoms with Crippen LogP contribution in [-0.4, -0.2) is 7.11 Å². The Kier molecular flexibility index (Phi) is 7.21. The van der Waals surface area contributed by atoms with Crippen LogP contribution in [0.5, 0.6) is 11.5 Å². The van der Waals surface area contributed by atoms with E-state index in [2.05, 4.69) is 24.4 Å². The van der Waals surface area contributed by atoms with Crippen molar-refractivity contribution in [2.24, 2.45) is 0 Å². The monoisotopic (exact) mass is 415 g/mol. The fourth-order valence-electron chi connectivity index (χ4n) is 2.94. The Bertz CT molecular complexity index is 916. The molecular weight excluding hydrogens is 393 g/mol. The van der Waals surface area contributed by atoms with Crippen LogP contribution in [0.15, 0.2) is 66.7 Å². The molecule has 3 aromatic rings. The van der Waals surface area contributed by atoms with Gasteiger partial charge in [0.2, 0.25) is 0 Å². The second-order valence-corrected chi connectivity index (χ2v) is 7.33. The molecule has 0 radical (unpaired) electrons. The van der Waals surface area contributed by atoms with Crippen molar-refractivity contribution in [2.75, 3.05) is 7.11 Å². The highest BCUT2D eigenvalue weighted by molar-refractivity contribution is 6.35. The van der Waals surface area contributed by atoms with E-state index in [4.69, 9.17) is 32.7 Å². The van der Waals surface area contributed by atoms with E-state index in [-0.39, 0.29) is 6.04 Å². The van der Waals surface area contributed by atoms with Crippen LogP contribution in [0.3, 0.4) is 0 Å². The van der Waals surface area contributed by atoms with Gasteiger partial charge >= 0.3 is 0 Å². The van der Waals surface area contributed by atoms with Gasteiger partial charge in [-0.05, 0) is 30.7 Å². The van der Waals surface area contributed by atoms with E-state index in [1.54, 1.807) is 19.2 Å². The maximum Gasteiger partial charge on any atom is 0.166 e. The van der Waals surface area contributed by atoms with Crippen LogP contribution in [-0.2, 0) is 13.2 Å². The van der Waals surface area contributed by atoms with Gasteiger partial charge in [0.25, 0.3) is 0 Å². The molecule has 1 N–H and O–H groups in total. The van der Waals surface area contributed by atoms with E-state index < -0.39 is 0 Å². The predicted octanol–water partition coefficient (Wildman–Crippen LogP) is 6.43. The Morgan fingerprint density at radius 2 is 1.71 bits per heavy atom.